The summed E-state index contributed by atoms with van der Waals surface area (Å²) in [6.45, 7) is 3.14. The number of benzene rings is 2. The molecule has 0 aromatic heterocycles. The Kier molecular flexibility index (Phi) is 13.3. The Morgan fingerprint density at radius 2 is 1.68 bits per heavy atom. The van der Waals surface area contributed by atoms with Crippen LogP contribution in [0.1, 0.15) is 97.6 Å². The first-order valence-electron chi connectivity index (χ1n) is 19.7. The van der Waals surface area contributed by atoms with Gasteiger partial charge in [-0.15, -0.1) is 0 Å². The number of hydrogen-bond acceptors (Lipinski definition) is 11. The lowest BCUT2D eigenvalue weighted by Gasteiger charge is -2.31. The Hall–Kier alpha value is -5.06. The number of aliphatic hydroxyl groups is 1. The van der Waals surface area contributed by atoms with Gasteiger partial charge in [-0.1, -0.05) is 30.3 Å². The lowest BCUT2D eigenvalue weighted by Crippen LogP contribution is -2.44. The molecule has 3 fully saturated rings. The summed E-state index contributed by atoms with van der Waals surface area (Å²) in [7, 11) is 0. The highest BCUT2D eigenvalue weighted by Gasteiger charge is 2.64. The number of fused-ring (bicyclic) bond motifs is 1. The molecule has 2 amide bonds. The molecule has 318 valence electrons. The van der Waals surface area contributed by atoms with Crippen LogP contribution in [0.15, 0.2) is 66.3 Å². The number of hydrogen-bond donors (Lipinski definition) is 3. The van der Waals surface area contributed by atoms with E-state index in [-0.39, 0.29) is 60.9 Å². The van der Waals surface area contributed by atoms with E-state index < -0.39 is 78.2 Å². The number of nitrogens with one attached hydrogen (secondary N) is 2. The van der Waals surface area contributed by atoms with Crippen molar-refractivity contribution in [3.63, 3.8) is 0 Å². The van der Waals surface area contributed by atoms with Crippen LogP contribution in [0.25, 0.3) is 6.08 Å². The second-order valence-corrected chi connectivity index (χ2v) is 16.3. The summed E-state index contributed by atoms with van der Waals surface area (Å²) >= 11 is 0. The van der Waals surface area contributed by atoms with E-state index in [0.717, 1.165) is 37.8 Å². The number of alkyl halides is 3. The Morgan fingerprint density at radius 1 is 0.966 bits per heavy atom. The molecule has 0 radical (unpaired) electrons. The number of carbonyl (C=O) groups is 5. The zero-order valence-electron chi connectivity index (χ0n) is 33.0. The highest BCUT2D eigenvalue weighted by molar-refractivity contribution is 5.97. The van der Waals surface area contributed by atoms with Crippen LogP contribution in [0.2, 0.25) is 0 Å². The van der Waals surface area contributed by atoms with Gasteiger partial charge in [0, 0.05) is 48.4 Å². The highest BCUT2D eigenvalue weighted by atomic mass is 19.4. The molecule has 13 nitrogen and oxygen atoms in total. The molecule has 6 rings (SSSR count). The fourth-order valence-corrected chi connectivity index (χ4v) is 7.24. The molecule has 1 saturated heterocycles. The third kappa shape index (κ3) is 11.8. The van der Waals surface area contributed by atoms with E-state index in [0.29, 0.717) is 11.1 Å². The first kappa shape index (κ1) is 43.5. The molecule has 4 atom stereocenters. The molecule has 2 saturated carbocycles. The van der Waals surface area contributed by atoms with Crippen LogP contribution >= 0.6 is 0 Å². The summed E-state index contributed by atoms with van der Waals surface area (Å²) in [5, 5.41) is 15.5. The molecule has 1 aliphatic heterocycles. The summed E-state index contributed by atoms with van der Waals surface area (Å²) in [5.74, 6) is -3.93. The second kappa shape index (κ2) is 18.1. The van der Waals surface area contributed by atoms with E-state index in [9.17, 15) is 42.3 Å². The SMILES string of the molecule is CC(C)(C)OC(=O)CCC(CO)NC(=O)c1cccc(CNC(=O)C2=CC3OC(C4CC4)(C4CC4)OC3C(OC(=O)c3ccccc3C=CC(=O)OCC(F)(F)F)C2)c1. The molecule has 3 aliphatic carbocycles. The Labute approximate surface area is 339 Å². The Balaban J connectivity index is 1.12. The molecule has 1 heterocycles. The van der Waals surface area contributed by atoms with Crippen molar-refractivity contribution in [2.45, 2.75) is 114 Å². The summed E-state index contributed by atoms with van der Waals surface area (Å²) in [6.07, 6.45) is 0.410. The normalized spacial score (nSPS) is 21.8. The van der Waals surface area contributed by atoms with Crippen LogP contribution in [0, 0.1) is 11.8 Å². The summed E-state index contributed by atoms with van der Waals surface area (Å²) in [5.41, 5.74) is 0.733. The second-order valence-electron chi connectivity index (χ2n) is 16.3. The zero-order valence-corrected chi connectivity index (χ0v) is 33.0. The first-order chi connectivity index (χ1) is 27.9. The Morgan fingerprint density at radius 3 is 2.34 bits per heavy atom. The monoisotopic (exact) mass is 826 g/mol. The van der Waals surface area contributed by atoms with Gasteiger partial charge in [0.05, 0.1) is 18.2 Å². The molecule has 0 bridgehead atoms. The smallest absolute Gasteiger partial charge is 0.422 e. The maximum absolute atomic E-state index is 13.8. The van der Waals surface area contributed by atoms with E-state index >= 15 is 0 Å². The first-order valence-corrected chi connectivity index (χ1v) is 19.7. The molecule has 4 unspecified atom stereocenters. The molecule has 0 spiro atoms. The summed E-state index contributed by atoms with van der Waals surface area (Å²) in [4.78, 5) is 64.7. The minimum Gasteiger partial charge on any atom is -0.460 e. The van der Waals surface area contributed by atoms with Gasteiger partial charge < -0.3 is 39.4 Å². The quantitative estimate of drug-likeness (QED) is 0.111. The predicted molar refractivity (Wildman–Crippen MR) is 204 cm³/mol. The number of rotatable bonds is 16. The standard InChI is InChI=1S/C43H49F3N2O11/c1-41(2,3)58-36(51)18-16-31(23-49)48-39(53)27-9-6-7-25(19-27)22-47-38(52)28-20-33(37-34(21-28)57-43(59-37,29-12-13-29)30-14-15-30)56-40(54)32-10-5-4-8-26(32)11-17-35(50)55-24-42(44,45)46/h4-11,17,19,21,29-31,33-34,37,49H,12-16,18,20,22-24H2,1-3H3,(H,47,52)(H,48,53). The molecule has 2 aromatic rings. The van der Waals surface area contributed by atoms with Gasteiger partial charge in [0.25, 0.3) is 5.91 Å². The molecular formula is C43H49F3N2O11. The number of ether oxygens (including phenoxy) is 5. The number of amides is 2. The van der Waals surface area contributed by atoms with Crippen molar-refractivity contribution in [3.05, 3.63) is 88.5 Å². The zero-order chi connectivity index (χ0) is 42.5. The van der Waals surface area contributed by atoms with Crippen LogP contribution in [-0.4, -0.2) is 90.0 Å². The fourth-order valence-electron chi connectivity index (χ4n) is 7.24. The van der Waals surface area contributed by atoms with E-state index in [2.05, 4.69) is 15.4 Å². The van der Waals surface area contributed by atoms with Gasteiger partial charge in [0.1, 0.15) is 23.9 Å². The molecular weight excluding hydrogens is 777 g/mol. The summed E-state index contributed by atoms with van der Waals surface area (Å²) < 4.78 is 66.4. The average Bonchev–Trinajstić information content (AvgIpc) is 4.14. The van der Waals surface area contributed by atoms with Crippen molar-refractivity contribution in [2.24, 2.45) is 11.8 Å². The van der Waals surface area contributed by atoms with Crippen molar-refractivity contribution >= 4 is 35.8 Å². The maximum Gasteiger partial charge on any atom is 0.422 e. The van der Waals surface area contributed by atoms with Crippen LogP contribution in [0.3, 0.4) is 0 Å². The van der Waals surface area contributed by atoms with Crippen molar-refractivity contribution in [2.75, 3.05) is 13.2 Å². The third-order valence-corrected chi connectivity index (χ3v) is 10.2. The molecule has 2 aromatic carbocycles. The van der Waals surface area contributed by atoms with Gasteiger partial charge in [-0.25, -0.2) is 9.59 Å². The van der Waals surface area contributed by atoms with Crippen LogP contribution < -0.4 is 10.6 Å². The third-order valence-electron chi connectivity index (χ3n) is 10.2. The summed E-state index contributed by atoms with van der Waals surface area (Å²) in [6, 6.07) is 12.0. The van der Waals surface area contributed by atoms with Gasteiger partial charge in [0.2, 0.25) is 5.91 Å². The molecule has 3 N–H and O–H groups in total. The van der Waals surface area contributed by atoms with Gasteiger partial charge in [-0.3, -0.25) is 14.4 Å². The minimum absolute atomic E-state index is 0.00525. The van der Waals surface area contributed by atoms with Crippen molar-refractivity contribution in [3.8, 4) is 0 Å². The van der Waals surface area contributed by atoms with Gasteiger partial charge in [0.15, 0.2) is 12.4 Å². The predicted octanol–water partition coefficient (Wildman–Crippen LogP) is 5.49. The van der Waals surface area contributed by atoms with Crippen LogP contribution in [0.4, 0.5) is 13.2 Å². The minimum atomic E-state index is -4.70. The topological polar surface area (TPSA) is 176 Å². The van der Waals surface area contributed by atoms with Gasteiger partial charge in [-0.2, -0.15) is 13.2 Å². The van der Waals surface area contributed by atoms with E-state index in [4.69, 9.17) is 18.9 Å². The molecule has 16 heteroatoms. The highest BCUT2D eigenvalue weighted by Crippen LogP contribution is 2.59. The largest absolute Gasteiger partial charge is 0.460 e. The Bertz CT molecular complexity index is 1950. The van der Waals surface area contributed by atoms with Crippen LogP contribution in [-0.2, 0) is 44.6 Å². The van der Waals surface area contributed by atoms with Crippen LogP contribution in [0.5, 0.6) is 0 Å². The van der Waals surface area contributed by atoms with Crippen molar-refractivity contribution in [1.82, 2.24) is 10.6 Å². The van der Waals surface area contributed by atoms with E-state index in [1.807, 2.05) is 0 Å². The lowest BCUT2D eigenvalue weighted by atomic mass is 9.91. The number of esters is 3. The fraction of sp³-hybridized carbons (Fsp3) is 0.512. The van der Waals surface area contributed by atoms with Crippen molar-refractivity contribution in [1.29, 1.82) is 0 Å². The van der Waals surface area contributed by atoms with E-state index in [1.54, 1.807) is 63.2 Å². The average molecular weight is 827 g/mol. The maximum atomic E-state index is 13.8. The number of aliphatic hydroxyl groups excluding tert-OH is 1. The van der Waals surface area contributed by atoms with Gasteiger partial charge in [-0.05, 0) is 94.4 Å². The molecule has 59 heavy (non-hydrogen) atoms. The van der Waals surface area contributed by atoms with E-state index in [1.165, 1.54) is 12.1 Å². The van der Waals surface area contributed by atoms with Crippen molar-refractivity contribution < 1.29 is 65.9 Å². The number of halogens is 3. The lowest BCUT2D eigenvalue weighted by molar-refractivity contribution is -0.209. The molecule has 4 aliphatic rings. The van der Waals surface area contributed by atoms with Gasteiger partial charge >= 0.3 is 24.1 Å². The number of carbonyl (C=O) groups excluding carboxylic acids is 5.